The molecule has 0 radical (unpaired) electrons. The molecule has 0 aliphatic rings. The zero-order chi connectivity index (χ0) is 15.4. The number of carbonyl (C=O) groups is 1. The number of benzene rings is 1. The van der Waals surface area contributed by atoms with E-state index >= 15 is 0 Å². The standard InChI is InChI=1S/C16H20N2O2S/c1-11(2)14-8-17-16(21-10-15(19)20)18(14)9-13-6-4-5-12(3)7-13/h4-8,11H,9-10H2,1-3H3,(H,19,20). The fourth-order valence-electron chi connectivity index (χ4n) is 2.23. The lowest BCUT2D eigenvalue weighted by atomic mass is 10.1. The predicted octanol–water partition coefficient (Wildman–Crippen LogP) is 3.54. The summed E-state index contributed by atoms with van der Waals surface area (Å²) in [6.45, 7) is 7.03. The van der Waals surface area contributed by atoms with Crippen LogP contribution >= 0.6 is 11.8 Å². The van der Waals surface area contributed by atoms with Gasteiger partial charge in [-0.15, -0.1) is 0 Å². The Morgan fingerprint density at radius 2 is 2.19 bits per heavy atom. The van der Waals surface area contributed by atoms with Crippen molar-refractivity contribution in [3.63, 3.8) is 0 Å². The molecule has 0 spiro atoms. The van der Waals surface area contributed by atoms with Crippen LogP contribution in [-0.4, -0.2) is 26.4 Å². The van der Waals surface area contributed by atoms with E-state index in [9.17, 15) is 4.79 Å². The summed E-state index contributed by atoms with van der Waals surface area (Å²) in [7, 11) is 0. The fourth-order valence-corrected chi connectivity index (χ4v) is 2.93. The molecule has 0 aliphatic heterocycles. The van der Waals surface area contributed by atoms with Crippen LogP contribution in [0.5, 0.6) is 0 Å². The lowest BCUT2D eigenvalue weighted by Crippen LogP contribution is -2.08. The molecule has 2 rings (SSSR count). The third-order valence-electron chi connectivity index (χ3n) is 3.19. The molecule has 0 saturated heterocycles. The number of aryl methyl sites for hydroxylation is 1. The number of imidazole rings is 1. The summed E-state index contributed by atoms with van der Waals surface area (Å²) in [4.78, 5) is 15.2. The number of aromatic nitrogens is 2. The number of hydrogen-bond donors (Lipinski definition) is 1. The summed E-state index contributed by atoms with van der Waals surface area (Å²) in [5.41, 5.74) is 3.55. The number of carboxylic acid groups (broad SMARTS) is 1. The normalized spacial score (nSPS) is 11.0. The van der Waals surface area contributed by atoms with Gasteiger partial charge in [-0.3, -0.25) is 4.79 Å². The first-order valence-corrected chi connectivity index (χ1v) is 7.91. The molecule has 0 aliphatic carbocycles. The molecule has 0 unspecified atom stereocenters. The monoisotopic (exact) mass is 304 g/mol. The van der Waals surface area contributed by atoms with Crippen LogP contribution in [0, 0.1) is 6.92 Å². The Morgan fingerprint density at radius 1 is 1.43 bits per heavy atom. The van der Waals surface area contributed by atoms with E-state index in [0.29, 0.717) is 5.92 Å². The van der Waals surface area contributed by atoms with E-state index in [0.717, 1.165) is 17.4 Å². The Balaban J connectivity index is 2.30. The summed E-state index contributed by atoms with van der Waals surface area (Å²) >= 11 is 1.27. The summed E-state index contributed by atoms with van der Waals surface area (Å²) in [6, 6.07) is 8.35. The van der Waals surface area contributed by atoms with Crippen molar-refractivity contribution in [3.05, 3.63) is 47.3 Å². The summed E-state index contributed by atoms with van der Waals surface area (Å²) in [6.07, 6.45) is 1.85. The molecule has 0 saturated carbocycles. The van der Waals surface area contributed by atoms with Gasteiger partial charge in [0.05, 0.1) is 5.75 Å². The summed E-state index contributed by atoms with van der Waals surface area (Å²) in [5.74, 6) is -0.444. The van der Waals surface area contributed by atoms with Crippen LogP contribution in [0.1, 0.15) is 36.6 Å². The molecule has 0 atom stereocenters. The Bertz CT molecular complexity index is 635. The van der Waals surface area contributed by atoms with Crippen LogP contribution in [0.3, 0.4) is 0 Å². The van der Waals surface area contributed by atoms with Crippen LogP contribution in [0.25, 0.3) is 0 Å². The molecule has 0 amide bonds. The van der Waals surface area contributed by atoms with E-state index < -0.39 is 5.97 Å². The maximum absolute atomic E-state index is 10.8. The van der Waals surface area contributed by atoms with Gasteiger partial charge in [-0.2, -0.15) is 0 Å². The largest absolute Gasteiger partial charge is 0.481 e. The average Bonchev–Trinajstić information content (AvgIpc) is 2.79. The molecule has 1 heterocycles. The van der Waals surface area contributed by atoms with Crippen LogP contribution in [0.4, 0.5) is 0 Å². The first-order chi connectivity index (χ1) is 9.97. The molecular weight excluding hydrogens is 284 g/mol. The number of hydrogen-bond acceptors (Lipinski definition) is 3. The first-order valence-electron chi connectivity index (χ1n) is 6.93. The van der Waals surface area contributed by atoms with Gasteiger partial charge >= 0.3 is 5.97 Å². The number of nitrogens with zero attached hydrogens (tertiary/aromatic N) is 2. The molecule has 2 aromatic rings. The smallest absolute Gasteiger partial charge is 0.313 e. The lowest BCUT2D eigenvalue weighted by Gasteiger charge is -2.14. The third-order valence-corrected chi connectivity index (χ3v) is 4.16. The highest BCUT2D eigenvalue weighted by molar-refractivity contribution is 7.99. The van der Waals surface area contributed by atoms with Gasteiger partial charge in [0.25, 0.3) is 0 Å². The summed E-state index contributed by atoms with van der Waals surface area (Å²) < 4.78 is 2.12. The highest BCUT2D eigenvalue weighted by atomic mass is 32.2. The minimum atomic E-state index is -0.823. The van der Waals surface area contributed by atoms with Crippen molar-refractivity contribution in [2.75, 3.05) is 5.75 Å². The first kappa shape index (κ1) is 15.6. The molecular formula is C16H20N2O2S. The Morgan fingerprint density at radius 3 is 2.81 bits per heavy atom. The van der Waals surface area contributed by atoms with E-state index in [1.165, 1.54) is 22.9 Å². The van der Waals surface area contributed by atoms with Gasteiger partial charge in [-0.05, 0) is 18.4 Å². The van der Waals surface area contributed by atoms with Crippen molar-refractivity contribution >= 4 is 17.7 Å². The van der Waals surface area contributed by atoms with Crippen molar-refractivity contribution in [2.24, 2.45) is 0 Å². The lowest BCUT2D eigenvalue weighted by molar-refractivity contribution is -0.133. The topological polar surface area (TPSA) is 55.1 Å². The second-order valence-corrected chi connectivity index (χ2v) is 6.32. The molecule has 0 bridgehead atoms. The zero-order valence-electron chi connectivity index (χ0n) is 12.5. The van der Waals surface area contributed by atoms with Crippen molar-refractivity contribution in [1.29, 1.82) is 0 Å². The SMILES string of the molecule is Cc1cccc(Cn2c(C(C)C)cnc2SCC(=O)O)c1. The minimum absolute atomic E-state index is 0.0301. The van der Waals surface area contributed by atoms with Gasteiger partial charge in [0.15, 0.2) is 5.16 Å². The zero-order valence-corrected chi connectivity index (χ0v) is 13.4. The predicted molar refractivity (Wildman–Crippen MR) is 85.0 cm³/mol. The Labute approximate surface area is 129 Å². The third kappa shape index (κ3) is 4.11. The van der Waals surface area contributed by atoms with E-state index in [4.69, 9.17) is 5.11 Å². The van der Waals surface area contributed by atoms with Gasteiger partial charge in [0, 0.05) is 18.4 Å². The number of aliphatic carboxylic acids is 1. The molecule has 4 nitrogen and oxygen atoms in total. The second kappa shape index (κ2) is 6.80. The Hall–Kier alpha value is -1.75. The number of rotatable bonds is 6. The maximum Gasteiger partial charge on any atom is 0.313 e. The number of thioether (sulfide) groups is 1. The molecule has 112 valence electrons. The average molecular weight is 304 g/mol. The summed E-state index contributed by atoms with van der Waals surface area (Å²) in [5, 5.41) is 9.62. The van der Waals surface area contributed by atoms with Gasteiger partial charge < -0.3 is 9.67 Å². The highest BCUT2D eigenvalue weighted by Crippen LogP contribution is 2.24. The van der Waals surface area contributed by atoms with Gasteiger partial charge in [-0.25, -0.2) is 4.98 Å². The van der Waals surface area contributed by atoms with E-state index in [-0.39, 0.29) is 5.75 Å². The van der Waals surface area contributed by atoms with E-state index in [2.05, 4.69) is 48.5 Å². The van der Waals surface area contributed by atoms with Crippen molar-refractivity contribution in [3.8, 4) is 0 Å². The molecule has 21 heavy (non-hydrogen) atoms. The van der Waals surface area contributed by atoms with Crippen LogP contribution in [-0.2, 0) is 11.3 Å². The van der Waals surface area contributed by atoms with Gasteiger partial charge in [0.2, 0.25) is 0 Å². The Kier molecular flexibility index (Phi) is 5.07. The van der Waals surface area contributed by atoms with Crippen LogP contribution < -0.4 is 0 Å². The molecule has 0 fully saturated rings. The van der Waals surface area contributed by atoms with Gasteiger partial charge in [-0.1, -0.05) is 55.4 Å². The molecule has 1 N–H and O–H groups in total. The highest BCUT2D eigenvalue weighted by Gasteiger charge is 2.14. The minimum Gasteiger partial charge on any atom is -0.481 e. The molecule has 1 aromatic heterocycles. The van der Waals surface area contributed by atoms with Crippen molar-refractivity contribution < 1.29 is 9.90 Å². The van der Waals surface area contributed by atoms with E-state index in [1.807, 2.05) is 12.3 Å². The quantitative estimate of drug-likeness (QED) is 0.829. The number of carboxylic acids is 1. The molecule has 5 heteroatoms. The molecule has 1 aromatic carbocycles. The van der Waals surface area contributed by atoms with E-state index in [1.54, 1.807) is 0 Å². The van der Waals surface area contributed by atoms with Crippen LogP contribution in [0.2, 0.25) is 0 Å². The fraction of sp³-hybridized carbons (Fsp3) is 0.375. The van der Waals surface area contributed by atoms with Crippen LogP contribution in [0.15, 0.2) is 35.6 Å². The van der Waals surface area contributed by atoms with Crippen molar-refractivity contribution in [2.45, 2.75) is 38.4 Å². The second-order valence-electron chi connectivity index (χ2n) is 5.38. The van der Waals surface area contributed by atoms with Crippen molar-refractivity contribution in [1.82, 2.24) is 9.55 Å². The maximum atomic E-state index is 10.8. The van der Waals surface area contributed by atoms with Gasteiger partial charge in [0.1, 0.15) is 0 Å².